The van der Waals surface area contributed by atoms with Gasteiger partial charge in [-0.15, -0.1) is 0 Å². The van der Waals surface area contributed by atoms with Crippen molar-refractivity contribution >= 4 is 5.91 Å². The lowest BCUT2D eigenvalue weighted by molar-refractivity contribution is 0.0714. The van der Waals surface area contributed by atoms with E-state index in [0.29, 0.717) is 5.56 Å². The second-order valence-corrected chi connectivity index (χ2v) is 5.97. The lowest BCUT2D eigenvalue weighted by Crippen LogP contribution is -2.42. The molecule has 0 radical (unpaired) electrons. The number of carbonyl (C=O) groups is 1. The van der Waals surface area contributed by atoms with Crippen LogP contribution in [0.2, 0.25) is 0 Å². The monoisotopic (exact) mass is 298 g/mol. The Labute approximate surface area is 130 Å². The highest BCUT2D eigenvalue weighted by atomic mass is 16.2. The predicted octanol–water partition coefficient (Wildman–Crippen LogP) is 2.05. The third-order valence-corrected chi connectivity index (χ3v) is 4.41. The molecule has 2 N–H and O–H groups in total. The molecule has 0 aliphatic carbocycles. The SMILES string of the molecule is Cc1ccccc1-n1ncc(C(=O)N2CCC(N)CC2)c1C. The molecule has 3 rings (SSSR count). The molecular weight excluding hydrogens is 276 g/mol. The fourth-order valence-corrected chi connectivity index (χ4v) is 2.94. The number of hydrogen-bond acceptors (Lipinski definition) is 3. The summed E-state index contributed by atoms with van der Waals surface area (Å²) in [5.74, 6) is 0.0595. The van der Waals surface area contributed by atoms with Gasteiger partial charge in [-0.2, -0.15) is 5.10 Å². The number of rotatable bonds is 2. The molecule has 0 atom stereocenters. The molecule has 2 heterocycles. The molecule has 1 aliphatic rings. The van der Waals surface area contributed by atoms with Gasteiger partial charge in [-0.05, 0) is 38.3 Å². The van der Waals surface area contributed by atoms with Crippen molar-refractivity contribution in [3.05, 3.63) is 47.3 Å². The predicted molar refractivity (Wildman–Crippen MR) is 86.2 cm³/mol. The maximum Gasteiger partial charge on any atom is 0.257 e. The first-order valence-electron chi connectivity index (χ1n) is 7.73. The van der Waals surface area contributed by atoms with Crippen molar-refractivity contribution in [2.45, 2.75) is 32.7 Å². The van der Waals surface area contributed by atoms with Crippen LogP contribution in [0.1, 0.15) is 34.5 Å². The van der Waals surface area contributed by atoms with Crippen molar-refractivity contribution < 1.29 is 4.79 Å². The Morgan fingerprint density at radius 1 is 1.23 bits per heavy atom. The van der Waals surface area contributed by atoms with E-state index in [0.717, 1.165) is 42.9 Å². The van der Waals surface area contributed by atoms with Crippen LogP contribution < -0.4 is 5.73 Å². The quantitative estimate of drug-likeness (QED) is 0.923. The highest BCUT2D eigenvalue weighted by Crippen LogP contribution is 2.20. The number of piperidine rings is 1. The molecule has 1 fully saturated rings. The Morgan fingerprint density at radius 3 is 2.59 bits per heavy atom. The largest absolute Gasteiger partial charge is 0.338 e. The molecule has 0 saturated carbocycles. The summed E-state index contributed by atoms with van der Waals surface area (Å²) in [5.41, 5.74) is 9.62. The van der Waals surface area contributed by atoms with Crippen LogP contribution in [0, 0.1) is 13.8 Å². The lowest BCUT2D eigenvalue weighted by Gasteiger charge is -2.30. The smallest absolute Gasteiger partial charge is 0.257 e. The second-order valence-electron chi connectivity index (χ2n) is 5.97. The molecule has 1 aromatic heterocycles. The van der Waals surface area contributed by atoms with Gasteiger partial charge in [0.15, 0.2) is 0 Å². The summed E-state index contributed by atoms with van der Waals surface area (Å²) >= 11 is 0. The minimum atomic E-state index is 0.0595. The number of likely N-dealkylation sites (tertiary alicyclic amines) is 1. The van der Waals surface area contributed by atoms with Gasteiger partial charge in [0.2, 0.25) is 0 Å². The van der Waals surface area contributed by atoms with Gasteiger partial charge in [0.05, 0.1) is 23.1 Å². The maximum atomic E-state index is 12.7. The van der Waals surface area contributed by atoms with E-state index in [9.17, 15) is 4.79 Å². The molecule has 0 spiro atoms. The molecule has 22 heavy (non-hydrogen) atoms. The molecule has 1 aliphatic heterocycles. The van der Waals surface area contributed by atoms with E-state index in [1.165, 1.54) is 0 Å². The van der Waals surface area contributed by atoms with Gasteiger partial charge in [0.25, 0.3) is 5.91 Å². The average molecular weight is 298 g/mol. The van der Waals surface area contributed by atoms with Gasteiger partial charge in [-0.3, -0.25) is 4.79 Å². The van der Waals surface area contributed by atoms with Gasteiger partial charge in [-0.25, -0.2) is 4.68 Å². The second kappa shape index (κ2) is 5.93. The summed E-state index contributed by atoms with van der Waals surface area (Å²) < 4.78 is 1.85. The van der Waals surface area contributed by atoms with Crippen molar-refractivity contribution in [3.63, 3.8) is 0 Å². The van der Waals surface area contributed by atoms with Gasteiger partial charge in [-0.1, -0.05) is 18.2 Å². The molecule has 2 aromatic rings. The van der Waals surface area contributed by atoms with Crippen LogP contribution >= 0.6 is 0 Å². The van der Waals surface area contributed by atoms with E-state index in [4.69, 9.17) is 5.73 Å². The molecule has 1 saturated heterocycles. The topological polar surface area (TPSA) is 64.2 Å². The van der Waals surface area contributed by atoms with E-state index >= 15 is 0 Å². The first kappa shape index (κ1) is 14.8. The number of hydrogen-bond donors (Lipinski definition) is 1. The Balaban J connectivity index is 1.88. The zero-order valence-electron chi connectivity index (χ0n) is 13.1. The van der Waals surface area contributed by atoms with Gasteiger partial charge >= 0.3 is 0 Å². The number of amides is 1. The highest BCUT2D eigenvalue weighted by Gasteiger charge is 2.24. The number of aromatic nitrogens is 2. The third-order valence-electron chi connectivity index (χ3n) is 4.41. The van der Waals surface area contributed by atoms with Crippen molar-refractivity contribution in [1.82, 2.24) is 14.7 Å². The van der Waals surface area contributed by atoms with Crippen LogP contribution in [0.3, 0.4) is 0 Å². The van der Waals surface area contributed by atoms with Crippen LogP contribution in [0.15, 0.2) is 30.5 Å². The minimum Gasteiger partial charge on any atom is -0.338 e. The van der Waals surface area contributed by atoms with E-state index in [2.05, 4.69) is 5.10 Å². The first-order valence-corrected chi connectivity index (χ1v) is 7.73. The molecule has 1 amide bonds. The Morgan fingerprint density at radius 2 is 1.91 bits per heavy atom. The highest BCUT2D eigenvalue weighted by molar-refractivity contribution is 5.95. The fourth-order valence-electron chi connectivity index (χ4n) is 2.94. The summed E-state index contributed by atoms with van der Waals surface area (Å²) in [4.78, 5) is 14.6. The molecule has 0 unspecified atom stereocenters. The van der Waals surface area contributed by atoms with E-state index in [1.807, 2.05) is 47.7 Å². The van der Waals surface area contributed by atoms with Crippen LogP contribution in [0.25, 0.3) is 5.69 Å². The number of aryl methyl sites for hydroxylation is 1. The number of nitrogens with two attached hydrogens (primary N) is 1. The zero-order chi connectivity index (χ0) is 15.7. The number of para-hydroxylation sites is 1. The van der Waals surface area contributed by atoms with Gasteiger partial charge < -0.3 is 10.6 Å². The van der Waals surface area contributed by atoms with Crippen LogP contribution in [0.5, 0.6) is 0 Å². The molecular formula is C17H22N4O. The van der Waals surface area contributed by atoms with Gasteiger partial charge in [0, 0.05) is 19.1 Å². The fraction of sp³-hybridized carbons (Fsp3) is 0.412. The number of nitrogens with zero attached hydrogens (tertiary/aromatic N) is 3. The maximum absolute atomic E-state index is 12.7. The minimum absolute atomic E-state index is 0.0595. The molecule has 116 valence electrons. The van der Waals surface area contributed by atoms with Crippen LogP contribution in [-0.4, -0.2) is 39.7 Å². The van der Waals surface area contributed by atoms with Crippen molar-refractivity contribution in [3.8, 4) is 5.69 Å². The summed E-state index contributed by atoms with van der Waals surface area (Å²) in [6.45, 7) is 5.45. The molecule has 5 nitrogen and oxygen atoms in total. The Bertz CT molecular complexity index is 684. The zero-order valence-corrected chi connectivity index (χ0v) is 13.1. The normalized spacial score (nSPS) is 16.0. The lowest BCUT2D eigenvalue weighted by atomic mass is 10.1. The standard InChI is InChI=1S/C17H22N4O/c1-12-5-3-4-6-16(12)21-13(2)15(11-19-21)17(22)20-9-7-14(18)8-10-20/h3-6,11,14H,7-10,18H2,1-2H3. The van der Waals surface area contributed by atoms with E-state index < -0.39 is 0 Å². The van der Waals surface area contributed by atoms with E-state index in [-0.39, 0.29) is 11.9 Å². The van der Waals surface area contributed by atoms with E-state index in [1.54, 1.807) is 6.20 Å². The first-order chi connectivity index (χ1) is 10.6. The third kappa shape index (κ3) is 2.64. The van der Waals surface area contributed by atoms with Crippen molar-refractivity contribution in [2.75, 3.05) is 13.1 Å². The summed E-state index contributed by atoms with van der Waals surface area (Å²) in [7, 11) is 0. The summed E-state index contributed by atoms with van der Waals surface area (Å²) in [5, 5.41) is 4.42. The van der Waals surface area contributed by atoms with Crippen LogP contribution in [-0.2, 0) is 0 Å². The van der Waals surface area contributed by atoms with Gasteiger partial charge in [0.1, 0.15) is 0 Å². The number of benzene rings is 1. The Kier molecular flexibility index (Phi) is 3.98. The number of carbonyl (C=O) groups excluding carboxylic acids is 1. The van der Waals surface area contributed by atoms with Crippen LogP contribution in [0.4, 0.5) is 0 Å². The molecule has 0 bridgehead atoms. The summed E-state index contributed by atoms with van der Waals surface area (Å²) in [6, 6.07) is 8.27. The molecule has 1 aromatic carbocycles. The van der Waals surface area contributed by atoms with Crippen molar-refractivity contribution in [1.29, 1.82) is 0 Å². The molecule has 5 heteroatoms. The van der Waals surface area contributed by atoms with Crippen molar-refractivity contribution in [2.24, 2.45) is 5.73 Å². The summed E-state index contributed by atoms with van der Waals surface area (Å²) in [6.07, 6.45) is 3.42. The average Bonchev–Trinajstić information content (AvgIpc) is 2.89. The Hall–Kier alpha value is -2.14.